The maximum Gasteiger partial charge on any atom is 0.103 e. The van der Waals surface area contributed by atoms with Gasteiger partial charge in [-0.15, -0.1) is 0 Å². The molecular formula is C25H43FN2O. The standard InChI is InChI=1S/C25H43FN2O/c1-18-16-25(17-29-13-11-27-25)24-15-21-10-9-20(14-23(21)26)22-8-3-2-6-19(22)7-4-5-12-28(18)24/h18-24,27H,2-17H2,1H3/t18-,19?,20?,21?,22?,23?,24?,25?/m1/s1. The van der Waals surface area contributed by atoms with Crippen molar-refractivity contribution in [1.29, 1.82) is 0 Å². The molecule has 4 aliphatic heterocycles. The lowest BCUT2D eigenvalue weighted by molar-refractivity contribution is -0.00843. The number of nitrogens with zero attached hydrogens (tertiary/aromatic N) is 1. The lowest BCUT2D eigenvalue weighted by Gasteiger charge is -2.45. The fourth-order valence-electron chi connectivity index (χ4n) is 8.23. The summed E-state index contributed by atoms with van der Waals surface area (Å²) in [7, 11) is 0. The molecule has 0 aromatic rings. The Morgan fingerprint density at radius 1 is 0.931 bits per heavy atom. The largest absolute Gasteiger partial charge is 0.378 e. The van der Waals surface area contributed by atoms with Gasteiger partial charge in [-0.3, -0.25) is 4.90 Å². The summed E-state index contributed by atoms with van der Waals surface area (Å²) in [4.78, 5) is 2.76. The van der Waals surface area contributed by atoms with Crippen molar-refractivity contribution in [3.05, 3.63) is 0 Å². The van der Waals surface area contributed by atoms with E-state index in [1.54, 1.807) is 0 Å². The SMILES string of the molecule is C[C@@H]1CC2(COCCN2)C2CC3CCC(CC3F)C3CCCCC3CCCCN21. The van der Waals surface area contributed by atoms with E-state index < -0.39 is 6.17 Å². The number of nitrogens with one attached hydrogen (secondary N) is 1. The first-order chi connectivity index (χ1) is 14.2. The zero-order valence-electron chi connectivity index (χ0n) is 18.6. The maximum atomic E-state index is 15.6. The number of hydrogen-bond donors (Lipinski definition) is 1. The van der Waals surface area contributed by atoms with Crippen LogP contribution in [-0.4, -0.2) is 55.0 Å². The zero-order chi connectivity index (χ0) is 19.8. The molecule has 1 N–H and O–H groups in total. The molecule has 4 heterocycles. The molecule has 6 fully saturated rings. The molecular weight excluding hydrogens is 363 g/mol. The van der Waals surface area contributed by atoms with Crippen molar-refractivity contribution in [2.45, 2.75) is 108 Å². The summed E-state index contributed by atoms with van der Waals surface area (Å²) in [5, 5.41) is 3.87. The third-order valence-electron chi connectivity index (χ3n) is 9.64. The van der Waals surface area contributed by atoms with Crippen LogP contribution in [0.5, 0.6) is 0 Å². The Balaban J connectivity index is 1.39. The third kappa shape index (κ3) is 4.03. The molecule has 7 unspecified atom stereocenters. The third-order valence-corrected chi connectivity index (χ3v) is 9.64. The van der Waals surface area contributed by atoms with Crippen molar-refractivity contribution in [2.24, 2.45) is 23.7 Å². The highest BCUT2D eigenvalue weighted by Gasteiger charge is 2.53. The van der Waals surface area contributed by atoms with E-state index in [0.29, 0.717) is 18.0 Å². The maximum absolute atomic E-state index is 15.6. The molecule has 0 radical (unpaired) electrons. The number of ether oxygens (including phenoxy) is 1. The van der Waals surface area contributed by atoms with Crippen molar-refractivity contribution < 1.29 is 9.13 Å². The van der Waals surface area contributed by atoms with Crippen LogP contribution in [-0.2, 0) is 4.74 Å². The molecule has 8 atom stereocenters. The van der Waals surface area contributed by atoms with Crippen molar-refractivity contribution in [2.75, 3.05) is 26.3 Å². The second-order valence-corrected chi connectivity index (χ2v) is 11.2. The number of morpholine rings is 1. The topological polar surface area (TPSA) is 24.5 Å². The van der Waals surface area contributed by atoms with E-state index >= 15 is 4.39 Å². The highest BCUT2D eigenvalue weighted by molar-refractivity contribution is 5.10. The molecule has 0 aromatic carbocycles. The van der Waals surface area contributed by atoms with Gasteiger partial charge in [-0.2, -0.15) is 0 Å². The molecule has 6 aliphatic rings. The number of alkyl halides is 1. The molecule has 3 nitrogen and oxygen atoms in total. The normalized spacial score (nSPS) is 49.7. The first-order valence-corrected chi connectivity index (χ1v) is 12.9. The molecule has 2 bridgehead atoms. The lowest BCUT2D eigenvalue weighted by atomic mass is 9.64. The predicted molar refractivity (Wildman–Crippen MR) is 116 cm³/mol. The molecule has 2 saturated carbocycles. The van der Waals surface area contributed by atoms with Gasteiger partial charge < -0.3 is 10.1 Å². The molecule has 6 rings (SSSR count). The van der Waals surface area contributed by atoms with Crippen LogP contribution in [0.15, 0.2) is 0 Å². The first kappa shape index (κ1) is 20.7. The Labute approximate surface area is 177 Å². The summed E-state index contributed by atoms with van der Waals surface area (Å²) in [5.41, 5.74) is 0.0579. The Morgan fingerprint density at radius 2 is 1.72 bits per heavy atom. The lowest BCUT2D eigenvalue weighted by Crippen LogP contribution is -2.62. The van der Waals surface area contributed by atoms with Gasteiger partial charge in [0.05, 0.1) is 18.8 Å². The molecule has 0 amide bonds. The molecule has 0 aromatic heterocycles. The monoisotopic (exact) mass is 406 g/mol. The van der Waals surface area contributed by atoms with Gasteiger partial charge in [0, 0.05) is 18.6 Å². The van der Waals surface area contributed by atoms with Gasteiger partial charge in [-0.05, 0) is 82.1 Å². The van der Waals surface area contributed by atoms with Gasteiger partial charge in [-0.25, -0.2) is 4.39 Å². The van der Waals surface area contributed by atoms with Crippen molar-refractivity contribution in [3.8, 4) is 0 Å². The summed E-state index contributed by atoms with van der Waals surface area (Å²) in [6.45, 7) is 6.18. The van der Waals surface area contributed by atoms with Crippen molar-refractivity contribution in [1.82, 2.24) is 10.2 Å². The van der Waals surface area contributed by atoms with Crippen molar-refractivity contribution in [3.63, 3.8) is 0 Å². The molecule has 2 aliphatic carbocycles. The minimum absolute atomic E-state index is 0.0579. The molecule has 1 spiro atoms. The average Bonchev–Trinajstić information content (AvgIpc) is 2.98. The van der Waals surface area contributed by atoms with Crippen LogP contribution < -0.4 is 5.32 Å². The number of halogens is 1. The van der Waals surface area contributed by atoms with Crippen LogP contribution in [0.25, 0.3) is 0 Å². The highest BCUT2D eigenvalue weighted by Crippen LogP contribution is 2.48. The van der Waals surface area contributed by atoms with Crippen LogP contribution in [0, 0.1) is 23.7 Å². The predicted octanol–water partition coefficient (Wildman–Crippen LogP) is 4.94. The van der Waals surface area contributed by atoms with Crippen LogP contribution in [0.1, 0.15) is 84.0 Å². The highest BCUT2D eigenvalue weighted by atomic mass is 19.1. The fourth-order valence-corrected chi connectivity index (χ4v) is 8.23. The van der Waals surface area contributed by atoms with Gasteiger partial charge in [0.1, 0.15) is 6.17 Å². The Hall–Kier alpha value is -0.190. The summed E-state index contributed by atoms with van der Waals surface area (Å²) < 4.78 is 21.6. The number of rotatable bonds is 0. The fraction of sp³-hybridized carbons (Fsp3) is 1.00. The molecule has 29 heavy (non-hydrogen) atoms. The molecule has 4 heteroatoms. The van der Waals surface area contributed by atoms with E-state index in [2.05, 4.69) is 17.1 Å². The van der Waals surface area contributed by atoms with E-state index in [4.69, 9.17) is 4.74 Å². The van der Waals surface area contributed by atoms with E-state index in [1.165, 1.54) is 57.9 Å². The van der Waals surface area contributed by atoms with E-state index in [9.17, 15) is 0 Å². The summed E-state index contributed by atoms with van der Waals surface area (Å²) >= 11 is 0. The van der Waals surface area contributed by atoms with Crippen LogP contribution in [0.2, 0.25) is 0 Å². The van der Waals surface area contributed by atoms with Crippen LogP contribution in [0.4, 0.5) is 4.39 Å². The van der Waals surface area contributed by atoms with Gasteiger partial charge in [0.25, 0.3) is 0 Å². The van der Waals surface area contributed by atoms with E-state index in [1.807, 2.05) is 0 Å². The average molecular weight is 407 g/mol. The van der Waals surface area contributed by atoms with Gasteiger partial charge in [0.2, 0.25) is 0 Å². The van der Waals surface area contributed by atoms with Gasteiger partial charge in [-0.1, -0.05) is 32.1 Å². The van der Waals surface area contributed by atoms with E-state index in [-0.39, 0.29) is 11.5 Å². The molecule has 4 saturated heterocycles. The Morgan fingerprint density at radius 3 is 2.52 bits per heavy atom. The number of fused-ring (bicyclic) bond motifs is 5. The zero-order valence-corrected chi connectivity index (χ0v) is 18.6. The minimum Gasteiger partial charge on any atom is -0.378 e. The van der Waals surface area contributed by atoms with Crippen LogP contribution in [0.3, 0.4) is 0 Å². The summed E-state index contributed by atoms with van der Waals surface area (Å²) in [6.07, 6.45) is 14.5. The summed E-state index contributed by atoms with van der Waals surface area (Å²) in [5.74, 6) is 2.62. The molecule has 166 valence electrons. The smallest absolute Gasteiger partial charge is 0.103 e. The van der Waals surface area contributed by atoms with Gasteiger partial charge in [0.15, 0.2) is 0 Å². The quantitative estimate of drug-likeness (QED) is 0.616. The van der Waals surface area contributed by atoms with Crippen molar-refractivity contribution >= 4 is 0 Å². The summed E-state index contributed by atoms with van der Waals surface area (Å²) in [6, 6.07) is 1.02. The first-order valence-electron chi connectivity index (χ1n) is 12.9. The number of hydrogen-bond acceptors (Lipinski definition) is 3. The van der Waals surface area contributed by atoms with Gasteiger partial charge >= 0.3 is 0 Å². The Kier molecular flexibility index (Phi) is 6.24. The Bertz CT molecular complexity index is 551. The van der Waals surface area contributed by atoms with E-state index in [0.717, 1.165) is 57.3 Å². The minimum atomic E-state index is -0.587. The van der Waals surface area contributed by atoms with Crippen LogP contribution >= 0.6 is 0 Å². The second kappa shape index (κ2) is 8.74. The second-order valence-electron chi connectivity index (χ2n) is 11.2.